The van der Waals surface area contributed by atoms with Crippen LogP contribution < -0.4 is 0 Å². The Bertz CT molecular complexity index is 311. The number of rotatable bonds is 0. The minimum atomic E-state index is 0.454. The van der Waals surface area contributed by atoms with Gasteiger partial charge in [-0.2, -0.15) is 0 Å². The van der Waals surface area contributed by atoms with Gasteiger partial charge in [0, 0.05) is 12.8 Å². The summed E-state index contributed by atoms with van der Waals surface area (Å²) in [7, 11) is 0. The molecule has 0 unspecified atom stereocenters. The van der Waals surface area contributed by atoms with Crippen LogP contribution in [0.1, 0.15) is 42.4 Å². The topological polar surface area (TPSA) is 17.1 Å². The highest BCUT2D eigenvalue weighted by atomic mass is 16.1. The minimum absolute atomic E-state index is 0.454. The third-order valence-corrected chi connectivity index (χ3v) is 3.04. The van der Waals surface area contributed by atoms with Crippen molar-refractivity contribution in [1.82, 2.24) is 0 Å². The van der Waals surface area contributed by atoms with Crippen molar-refractivity contribution in [3.05, 3.63) is 34.9 Å². The molecule has 82 valence electrons. The van der Waals surface area contributed by atoms with E-state index in [0.717, 1.165) is 25.7 Å². The maximum Gasteiger partial charge on any atom is 0.132 e. The lowest BCUT2D eigenvalue weighted by Gasteiger charge is -2.00. The molecule has 0 atom stereocenters. The Hall–Kier alpha value is -1.11. The Morgan fingerprint density at radius 3 is 1.67 bits per heavy atom. The van der Waals surface area contributed by atoms with Crippen LogP contribution >= 0.6 is 0 Å². The lowest BCUT2D eigenvalue weighted by atomic mass is 10.1. The summed E-state index contributed by atoms with van der Waals surface area (Å²) in [6, 6.07) is 6.38. The van der Waals surface area contributed by atoms with E-state index in [2.05, 4.69) is 39.0 Å². The number of Topliss-reactive ketones (excluding diaryl/α,β-unsaturated/α-hetero) is 1. The molecule has 1 aliphatic rings. The number of hydrogen-bond donors (Lipinski definition) is 0. The first-order valence-electron chi connectivity index (χ1n) is 5.66. The summed E-state index contributed by atoms with van der Waals surface area (Å²) >= 11 is 0. The minimum Gasteiger partial charge on any atom is -0.300 e. The fourth-order valence-corrected chi connectivity index (χ4v) is 1.67. The van der Waals surface area contributed by atoms with Crippen LogP contribution in [0.5, 0.6) is 0 Å². The average molecular weight is 204 g/mol. The smallest absolute Gasteiger partial charge is 0.132 e. The average Bonchev–Trinajstić information content (AvgIpc) is 2.66. The Balaban J connectivity index is 0.000000162. The van der Waals surface area contributed by atoms with Gasteiger partial charge >= 0.3 is 0 Å². The summed E-state index contributed by atoms with van der Waals surface area (Å²) in [5.74, 6) is 0.454. The van der Waals surface area contributed by atoms with E-state index in [0.29, 0.717) is 5.78 Å². The molecular formula is C14H20O. The van der Waals surface area contributed by atoms with E-state index in [1.165, 1.54) is 16.7 Å². The summed E-state index contributed by atoms with van der Waals surface area (Å²) in [5.41, 5.74) is 4.18. The van der Waals surface area contributed by atoms with Crippen molar-refractivity contribution in [1.29, 1.82) is 0 Å². The van der Waals surface area contributed by atoms with E-state index in [1.807, 2.05) is 0 Å². The standard InChI is InChI=1S/C9H12.C5H8O/c1-7-5-4-6-8(2)9(7)3;6-5-3-1-2-4-5/h4-6H,1-3H3;1-4H2. The number of ketones is 1. The van der Waals surface area contributed by atoms with E-state index in [9.17, 15) is 4.79 Å². The molecule has 1 aromatic rings. The molecule has 0 heterocycles. The fraction of sp³-hybridized carbons (Fsp3) is 0.500. The van der Waals surface area contributed by atoms with Crippen molar-refractivity contribution >= 4 is 5.78 Å². The van der Waals surface area contributed by atoms with Gasteiger partial charge in [0.05, 0.1) is 0 Å². The van der Waals surface area contributed by atoms with Crippen LogP contribution in [0.3, 0.4) is 0 Å². The van der Waals surface area contributed by atoms with E-state index < -0.39 is 0 Å². The van der Waals surface area contributed by atoms with Gasteiger partial charge in [-0.1, -0.05) is 18.2 Å². The Morgan fingerprint density at radius 1 is 0.933 bits per heavy atom. The number of carbonyl (C=O) groups is 1. The molecule has 1 heteroatoms. The summed E-state index contributed by atoms with van der Waals surface area (Å²) in [6.07, 6.45) is 3.97. The zero-order valence-corrected chi connectivity index (χ0v) is 9.97. The van der Waals surface area contributed by atoms with Crippen LogP contribution in [0.15, 0.2) is 18.2 Å². The van der Waals surface area contributed by atoms with Crippen LogP contribution in [-0.2, 0) is 4.79 Å². The van der Waals surface area contributed by atoms with Crippen molar-refractivity contribution in [3.8, 4) is 0 Å². The second-order valence-electron chi connectivity index (χ2n) is 4.26. The second-order valence-corrected chi connectivity index (χ2v) is 4.26. The first-order chi connectivity index (χ1) is 7.11. The molecule has 2 rings (SSSR count). The van der Waals surface area contributed by atoms with Gasteiger partial charge in [-0.3, -0.25) is 4.79 Å². The highest BCUT2D eigenvalue weighted by Crippen LogP contribution is 2.11. The molecule has 1 aliphatic carbocycles. The molecule has 1 saturated carbocycles. The first kappa shape index (κ1) is 12.0. The van der Waals surface area contributed by atoms with Crippen LogP contribution in [0.2, 0.25) is 0 Å². The Morgan fingerprint density at radius 2 is 1.40 bits per heavy atom. The largest absolute Gasteiger partial charge is 0.300 e. The maximum atomic E-state index is 10.2. The van der Waals surface area contributed by atoms with Gasteiger partial charge in [-0.25, -0.2) is 0 Å². The first-order valence-corrected chi connectivity index (χ1v) is 5.66. The maximum absolute atomic E-state index is 10.2. The van der Waals surface area contributed by atoms with E-state index in [4.69, 9.17) is 0 Å². The molecular weight excluding hydrogens is 184 g/mol. The Kier molecular flexibility index (Phi) is 4.54. The molecule has 15 heavy (non-hydrogen) atoms. The van der Waals surface area contributed by atoms with Crippen molar-refractivity contribution in [2.24, 2.45) is 0 Å². The van der Waals surface area contributed by atoms with E-state index in [-0.39, 0.29) is 0 Å². The lowest BCUT2D eigenvalue weighted by Crippen LogP contribution is -1.82. The van der Waals surface area contributed by atoms with Gasteiger partial charge in [0.25, 0.3) is 0 Å². The predicted molar refractivity (Wildman–Crippen MR) is 64.1 cm³/mol. The highest BCUT2D eigenvalue weighted by Gasteiger charge is 2.07. The van der Waals surface area contributed by atoms with Crippen LogP contribution in [-0.4, -0.2) is 5.78 Å². The lowest BCUT2D eigenvalue weighted by molar-refractivity contribution is -0.117. The second kappa shape index (κ2) is 5.69. The number of hydrogen-bond acceptors (Lipinski definition) is 1. The Labute approximate surface area is 92.5 Å². The zero-order chi connectivity index (χ0) is 11.3. The quantitative estimate of drug-likeness (QED) is 0.629. The van der Waals surface area contributed by atoms with Crippen LogP contribution in [0, 0.1) is 20.8 Å². The molecule has 0 saturated heterocycles. The molecule has 0 N–H and O–H groups in total. The molecule has 0 aromatic heterocycles. The van der Waals surface area contributed by atoms with E-state index >= 15 is 0 Å². The van der Waals surface area contributed by atoms with Gasteiger partial charge < -0.3 is 0 Å². The normalized spacial score (nSPS) is 14.7. The third kappa shape index (κ3) is 3.86. The third-order valence-electron chi connectivity index (χ3n) is 3.04. The molecule has 1 nitrogen and oxygen atoms in total. The zero-order valence-electron chi connectivity index (χ0n) is 9.97. The number of carbonyl (C=O) groups excluding carboxylic acids is 1. The van der Waals surface area contributed by atoms with Gasteiger partial charge in [-0.05, 0) is 50.3 Å². The van der Waals surface area contributed by atoms with Crippen molar-refractivity contribution < 1.29 is 4.79 Å². The van der Waals surface area contributed by atoms with Crippen LogP contribution in [0.25, 0.3) is 0 Å². The summed E-state index contributed by atoms with van der Waals surface area (Å²) in [6.45, 7) is 6.44. The summed E-state index contributed by atoms with van der Waals surface area (Å²) in [5, 5.41) is 0. The van der Waals surface area contributed by atoms with Gasteiger partial charge in [0.1, 0.15) is 5.78 Å². The van der Waals surface area contributed by atoms with Crippen molar-refractivity contribution in [2.75, 3.05) is 0 Å². The molecule has 0 bridgehead atoms. The highest BCUT2D eigenvalue weighted by molar-refractivity contribution is 5.80. The fourth-order valence-electron chi connectivity index (χ4n) is 1.67. The van der Waals surface area contributed by atoms with E-state index in [1.54, 1.807) is 0 Å². The predicted octanol–water partition coefficient (Wildman–Crippen LogP) is 3.74. The van der Waals surface area contributed by atoms with Crippen LogP contribution in [0.4, 0.5) is 0 Å². The molecule has 0 amide bonds. The molecule has 0 aliphatic heterocycles. The molecule has 0 spiro atoms. The van der Waals surface area contributed by atoms with Gasteiger partial charge in [0.15, 0.2) is 0 Å². The molecule has 1 aromatic carbocycles. The molecule has 0 radical (unpaired) electrons. The van der Waals surface area contributed by atoms with Gasteiger partial charge in [0.2, 0.25) is 0 Å². The number of aryl methyl sites for hydroxylation is 2. The molecule has 1 fully saturated rings. The summed E-state index contributed by atoms with van der Waals surface area (Å²) in [4.78, 5) is 10.2. The monoisotopic (exact) mass is 204 g/mol. The number of benzene rings is 1. The van der Waals surface area contributed by atoms with Crippen molar-refractivity contribution in [3.63, 3.8) is 0 Å². The van der Waals surface area contributed by atoms with Crippen molar-refractivity contribution in [2.45, 2.75) is 46.5 Å². The van der Waals surface area contributed by atoms with Gasteiger partial charge in [-0.15, -0.1) is 0 Å². The SMILES string of the molecule is Cc1cccc(C)c1C.O=C1CCCC1. The summed E-state index contributed by atoms with van der Waals surface area (Å²) < 4.78 is 0.